The largest absolute Gasteiger partial charge is 0.573 e. The molecule has 2 heterocycles. The number of ether oxygens (including phenoxy) is 1. The van der Waals surface area contributed by atoms with Crippen LogP contribution >= 0.6 is 0 Å². The first-order valence-corrected chi connectivity index (χ1v) is 12.4. The number of anilines is 3. The maximum atomic E-state index is 13.9. The van der Waals surface area contributed by atoms with Crippen molar-refractivity contribution in [2.45, 2.75) is 43.2 Å². The Bertz CT molecular complexity index is 1540. The molecule has 1 aromatic heterocycles. The number of nitrogens with zero attached hydrogens (tertiary/aromatic N) is 2. The molecule has 1 aliphatic heterocycles. The van der Waals surface area contributed by atoms with E-state index in [-0.39, 0.29) is 28.3 Å². The molecule has 0 spiro atoms. The molecule has 208 valence electrons. The Morgan fingerprint density at radius 1 is 1.00 bits per heavy atom. The number of benzene rings is 2. The predicted octanol–water partition coefficient (Wildman–Crippen LogP) is 5.81. The fraction of sp³-hybridized carbons (Fsp3) is 0.250. The minimum Gasteiger partial charge on any atom is -0.481 e. The van der Waals surface area contributed by atoms with Crippen molar-refractivity contribution in [2.24, 2.45) is 0 Å². The molecule has 0 atom stereocenters. The third-order valence-corrected chi connectivity index (χ3v) is 7.73. The molecule has 8 nitrogen and oxygen atoms in total. The van der Waals surface area contributed by atoms with E-state index in [0.29, 0.717) is 6.07 Å². The van der Waals surface area contributed by atoms with E-state index in [1.54, 1.807) is 0 Å². The second-order valence-electron chi connectivity index (χ2n) is 8.99. The maximum Gasteiger partial charge on any atom is 0.573 e. The summed E-state index contributed by atoms with van der Waals surface area (Å²) in [4.78, 5) is 15.2. The van der Waals surface area contributed by atoms with Crippen LogP contribution in [-0.2, 0) is 33.0 Å². The van der Waals surface area contributed by atoms with Gasteiger partial charge < -0.3 is 15.2 Å². The number of aliphatic carboxylic acids is 1. The Morgan fingerprint density at radius 2 is 1.64 bits per heavy atom. The molecule has 39 heavy (non-hydrogen) atoms. The Kier molecular flexibility index (Phi) is 6.70. The van der Waals surface area contributed by atoms with Gasteiger partial charge in [-0.05, 0) is 55.8 Å². The van der Waals surface area contributed by atoms with Gasteiger partial charge in [-0.2, -0.15) is 13.2 Å². The van der Waals surface area contributed by atoms with Crippen LogP contribution in [0.5, 0.6) is 5.75 Å². The average Bonchev–Trinajstić information content (AvgIpc) is 2.99. The number of hydrogen-bond acceptors (Lipinski definition) is 6. The summed E-state index contributed by atoms with van der Waals surface area (Å²) in [5.41, 5.74) is -3.11. The van der Waals surface area contributed by atoms with Crippen molar-refractivity contribution < 1.29 is 49.4 Å². The van der Waals surface area contributed by atoms with Crippen LogP contribution in [0.1, 0.15) is 30.7 Å². The van der Waals surface area contributed by atoms with Gasteiger partial charge in [-0.25, -0.2) is 13.4 Å². The van der Waals surface area contributed by atoms with Crippen molar-refractivity contribution >= 4 is 33.2 Å². The van der Waals surface area contributed by atoms with Crippen LogP contribution in [0.4, 0.5) is 43.5 Å². The normalized spacial score (nSPS) is 14.1. The number of halogens is 6. The van der Waals surface area contributed by atoms with Crippen LogP contribution in [0.3, 0.4) is 0 Å². The summed E-state index contributed by atoms with van der Waals surface area (Å²) in [5, 5.41) is 12.6. The molecule has 0 unspecified atom stereocenters. The lowest BCUT2D eigenvalue weighted by Crippen LogP contribution is -2.35. The van der Waals surface area contributed by atoms with Crippen molar-refractivity contribution in [2.75, 3.05) is 9.62 Å². The zero-order valence-corrected chi connectivity index (χ0v) is 20.9. The van der Waals surface area contributed by atoms with Gasteiger partial charge >= 0.3 is 18.5 Å². The van der Waals surface area contributed by atoms with Crippen molar-refractivity contribution in [3.63, 3.8) is 0 Å². The van der Waals surface area contributed by atoms with Gasteiger partial charge in [-0.1, -0.05) is 18.2 Å². The molecule has 0 radical (unpaired) electrons. The molecule has 0 saturated carbocycles. The molecule has 0 fully saturated rings. The van der Waals surface area contributed by atoms with Crippen molar-refractivity contribution in [1.29, 1.82) is 0 Å². The van der Waals surface area contributed by atoms with Gasteiger partial charge in [0.1, 0.15) is 17.3 Å². The van der Waals surface area contributed by atoms with Gasteiger partial charge in [-0.15, -0.1) is 13.2 Å². The summed E-state index contributed by atoms with van der Waals surface area (Å²) in [5.74, 6) is -2.30. The standard InChI is InChI=1S/C24H19F6N3O5S/c1-22(2,21(34)35)16-4-3-5-17-19(16)33(12-13-6-11-18(23(25,26)27)32-20(13)31-17)39(36,37)15-9-7-14(8-10-15)38-24(28,29)30/h3-11H,12H2,1-2H3,(H,31,32)(H,34,35). The van der Waals surface area contributed by atoms with Crippen LogP contribution in [0.2, 0.25) is 0 Å². The van der Waals surface area contributed by atoms with Crippen LogP contribution in [0, 0.1) is 0 Å². The number of nitrogens with one attached hydrogen (secondary N) is 1. The lowest BCUT2D eigenvalue weighted by Gasteiger charge is -2.31. The van der Waals surface area contributed by atoms with Crippen LogP contribution < -0.4 is 14.4 Å². The number of aromatic nitrogens is 1. The van der Waals surface area contributed by atoms with E-state index in [1.807, 2.05) is 0 Å². The Hall–Kier alpha value is -4.01. The number of para-hydroxylation sites is 1. The molecule has 1 aliphatic rings. The Labute approximate surface area is 217 Å². The summed E-state index contributed by atoms with van der Waals surface area (Å²) in [6.45, 7) is 2.06. The maximum absolute atomic E-state index is 13.9. The SMILES string of the molecule is CC(C)(C(=O)O)c1cccc2c1N(S(=O)(=O)c1ccc(OC(F)(F)F)cc1)Cc1ccc(C(F)(F)F)nc1N2. The predicted molar refractivity (Wildman–Crippen MR) is 126 cm³/mol. The molecule has 0 saturated heterocycles. The molecule has 4 rings (SSSR count). The number of carbonyl (C=O) groups is 1. The zero-order chi connectivity index (χ0) is 29.0. The van der Waals surface area contributed by atoms with Gasteiger partial charge in [0.25, 0.3) is 10.0 Å². The average molecular weight is 575 g/mol. The quantitative estimate of drug-likeness (QED) is 0.370. The number of fused-ring (bicyclic) bond motifs is 2. The second-order valence-corrected chi connectivity index (χ2v) is 10.9. The molecular weight excluding hydrogens is 556 g/mol. The van der Waals surface area contributed by atoms with E-state index in [2.05, 4.69) is 15.0 Å². The number of rotatable bonds is 5. The first-order valence-electron chi connectivity index (χ1n) is 11.0. The highest BCUT2D eigenvalue weighted by molar-refractivity contribution is 7.92. The second kappa shape index (κ2) is 9.32. The number of hydrogen-bond donors (Lipinski definition) is 2. The van der Waals surface area contributed by atoms with E-state index in [4.69, 9.17) is 0 Å². The molecule has 2 N–H and O–H groups in total. The fourth-order valence-electron chi connectivity index (χ4n) is 3.92. The number of carboxylic acids is 1. The highest BCUT2D eigenvalue weighted by Crippen LogP contribution is 2.45. The molecule has 0 aliphatic carbocycles. The summed E-state index contributed by atoms with van der Waals surface area (Å²) >= 11 is 0. The monoisotopic (exact) mass is 575 g/mol. The number of sulfonamides is 1. The minimum atomic E-state index is -5.01. The van der Waals surface area contributed by atoms with Crippen molar-refractivity contribution in [3.8, 4) is 5.75 Å². The van der Waals surface area contributed by atoms with E-state index in [0.717, 1.165) is 34.6 Å². The number of pyridine rings is 1. The molecule has 3 aromatic rings. The first-order chi connectivity index (χ1) is 17.9. The summed E-state index contributed by atoms with van der Waals surface area (Å²) < 4.78 is 110. The third kappa shape index (κ3) is 5.44. The lowest BCUT2D eigenvalue weighted by atomic mass is 9.83. The number of carboxylic acid groups (broad SMARTS) is 1. The zero-order valence-electron chi connectivity index (χ0n) is 20.1. The number of alkyl halides is 6. The summed E-state index contributed by atoms with van der Waals surface area (Å²) in [7, 11) is -4.64. The summed E-state index contributed by atoms with van der Waals surface area (Å²) in [6, 6.07) is 9.13. The fourth-order valence-corrected chi connectivity index (χ4v) is 5.40. The molecular formula is C24H19F6N3O5S. The van der Waals surface area contributed by atoms with Gasteiger partial charge in [0.05, 0.1) is 28.2 Å². The Balaban J connectivity index is 1.93. The van der Waals surface area contributed by atoms with Gasteiger partial charge in [0, 0.05) is 5.56 Å². The van der Waals surface area contributed by atoms with Crippen molar-refractivity contribution in [1.82, 2.24) is 4.98 Å². The van der Waals surface area contributed by atoms with Crippen molar-refractivity contribution in [3.05, 3.63) is 71.4 Å². The Morgan fingerprint density at radius 3 is 2.21 bits per heavy atom. The molecule has 0 amide bonds. The van der Waals surface area contributed by atoms with Crippen LogP contribution in [0.25, 0.3) is 0 Å². The first kappa shape index (κ1) is 28.0. The smallest absolute Gasteiger partial charge is 0.481 e. The van der Waals surface area contributed by atoms with Gasteiger partial charge in [0.15, 0.2) is 0 Å². The van der Waals surface area contributed by atoms with Crippen LogP contribution in [0.15, 0.2) is 59.5 Å². The van der Waals surface area contributed by atoms with Gasteiger partial charge in [-0.3, -0.25) is 9.10 Å². The van der Waals surface area contributed by atoms with E-state index in [1.165, 1.54) is 32.0 Å². The molecule has 15 heteroatoms. The highest BCUT2D eigenvalue weighted by atomic mass is 32.2. The minimum absolute atomic E-state index is 0.00412. The topological polar surface area (TPSA) is 109 Å². The van der Waals surface area contributed by atoms with E-state index < -0.39 is 56.8 Å². The summed E-state index contributed by atoms with van der Waals surface area (Å²) in [6.07, 6.45) is -9.82. The van der Waals surface area contributed by atoms with Crippen LogP contribution in [-0.4, -0.2) is 30.8 Å². The lowest BCUT2D eigenvalue weighted by molar-refractivity contribution is -0.274. The van der Waals surface area contributed by atoms with E-state index in [9.17, 15) is 44.7 Å². The van der Waals surface area contributed by atoms with E-state index >= 15 is 0 Å². The molecule has 0 bridgehead atoms. The van der Waals surface area contributed by atoms with Gasteiger partial charge in [0.2, 0.25) is 0 Å². The molecule has 2 aromatic carbocycles. The highest BCUT2D eigenvalue weighted by Gasteiger charge is 2.40. The third-order valence-electron chi connectivity index (χ3n) is 5.98.